The van der Waals surface area contributed by atoms with E-state index >= 15 is 0 Å². The highest BCUT2D eigenvalue weighted by atomic mass is 32.2. The molecule has 29 heavy (non-hydrogen) atoms. The van der Waals surface area contributed by atoms with Gasteiger partial charge in [-0.1, -0.05) is 0 Å². The van der Waals surface area contributed by atoms with Gasteiger partial charge < -0.3 is 9.64 Å². The lowest BCUT2D eigenvalue weighted by Crippen LogP contribution is -2.52. The fraction of sp³-hybridized carbons (Fsp3) is 0.600. The molecule has 0 bridgehead atoms. The number of nitrogens with one attached hydrogen (secondary N) is 1. The van der Waals surface area contributed by atoms with E-state index in [2.05, 4.69) is 10.2 Å². The topological polar surface area (TPSA) is 96.0 Å². The lowest BCUT2D eigenvalue weighted by molar-refractivity contribution is 0.0587. The van der Waals surface area contributed by atoms with Gasteiger partial charge in [-0.3, -0.25) is 15.0 Å². The SMILES string of the molecule is CC(C)(C)OC(=O)Nc1ccc(C(=O)N2CCN(C3CCS(=O)(=O)C3)CC2)cc1. The number of ether oxygens (including phenoxy) is 1. The van der Waals surface area contributed by atoms with Crippen molar-refractivity contribution < 1.29 is 22.7 Å². The van der Waals surface area contributed by atoms with E-state index < -0.39 is 21.5 Å². The van der Waals surface area contributed by atoms with Gasteiger partial charge in [0.2, 0.25) is 0 Å². The first-order valence-electron chi connectivity index (χ1n) is 9.86. The van der Waals surface area contributed by atoms with Gasteiger partial charge in [0.15, 0.2) is 9.84 Å². The van der Waals surface area contributed by atoms with Crippen LogP contribution >= 0.6 is 0 Å². The minimum Gasteiger partial charge on any atom is -0.444 e. The van der Waals surface area contributed by atoms with Gasteiger partial charge in [0, 0.05) is 43.5 Å². The summed E-state index contributed by atoms with van der Waals surface area (Å²) >= 11 is 0. The average molecular weight is 424 g/mol. The highest BCUT2D eigenvalue weighted by molar-refractivity contribution is 7.91. The molecule has 0 aliphatic carbocycles. The van der Waals surface area contributed by atoms with Crippen LogP contribution in [0.4, 0.5) is 10.5 Å². The molecule has 0 saturated carbocycles. The van der Waals surface area contributed by atoms with Gasteiger partial charge in [0.25, 0.3) is 5.91 Å². The summed E-state index contributed by atoms with van der Waals surface area (Å²) in [6, 6.07) is 6.80. The molecule has 0 radical (unpaired) electrons. The van der Waals surface area contributed by atoms with Crippen LogP contribution in [0, 0.1) is 0 Å². The molecule has 1 atom stereocenters. The first-order valence-corrected chi connectivity index (χ1v) is 11.7. The fourth-order valence-electron chi connectivity index (χ4n) is 3.65. The smallest absolute Gasteiger partial charge is 0.412 e. The van der Waals surface area contributed by atoms with Crippen molar-refractivity contribution in [1.82, 2.24) is 9.80 Å². The number of amides is 2. The Labute approximate surface area is 172 Å². The molecule has 0 aromatic heterocycles. The van der Waals surface area contributed by atoms with E-state index in [9.17, 15) is 18.0 Å². The van der Waals surface area contributed by atoms with E-state index in [1.165, 1.54) is 0 Å². The third-order valence-electron chi connectivity index (χ3n) is 5.10. The zero-order chi connectivity index (χ0) is 21.2. The summed E-state index contributed by atoms with van der Waals surface area (Å²) in [5, 5.41) is 2.65. The summed E-state index contributed by atoms with van der Waals surface area (Å²) in [6.45, 7) is 7.90. The first-order chi connectivity index (χ1) is 13.5. The van der Waals surface area contributed by atoms with Crippen molar-refractivity contribution in [2.75, 3.05) is 43.0 Å². The summed E-state index contributed by atoms with van der Waals surface area (Å²) in [5.74, 6) is 0.431. The second-order valence-electron chi connectivity index (χ2n) is 8.59. The molecule has 3 rings (SSSR count). The van der Waals surface area contributed by atoms with E-state index in [1.54, 1.807) is 49.9 Å². The van der Waals surface area contributed by atoms with Crippen molar-refractivity contribution in [3.63, 3.8) is 0 Å². The van der Waals surface area contributed by atoms with Gasteiger partial charge in [-0.25, -0.2) is 13.2 Å². The van der Waals surface area contributed by atoms with Crippen LogP contribution in [-0.2, 0) is 14.6 Å². The third kappa shape index (κ3) is 5.93. The van der Waals surface area contributed by atoms with Crippen LogP contribution in [0.15, 0.2) is 24.3 Å². The molecular formula is C20H29N3O5S. The average Bonchev–Trinajstić information content (AvgIpc) is 3.00. The van der Waals surface area contributed by atoms with Crippen LogP contribution in [0.1, 0.15) is 37.6 Å². The van der Waals surface area contributed by atoms with Crippen molar-refractivity contribution in [3.8, 4) is 0 Å². The maximum Gasteiger partial charge on any atom is 0.412 e. The van der Waals surface area contributed by atoms with Gasteiger partial charge in [0.1, 0.15) is 5.60 Å². The largest absolute Gasteiger partial charge is 0.444 e. The molecule has 2 amide bonds. The van der Waals surface area contributed by atoms with Crippen LogP contribution in [-0.4, -0.2) is 79.5 Å². The van der Waals surface area contributed by atoms with Gasteiger partial charge in [-0.2, -0.15) is 0 Å². The highest BCUT2D eigenvalue weighted by Gasteiger charge is 2.34. The van der Waals surface area contributed by atoms with Crippen LogP contribution in [0.2, 0.25) is 0 Å². The minimum atomic E-state index is -2.90. The lowest BCUT2D eigenvalue weighted by atomic mass is 10.1. The van der Waals surface area contributed by atoms with Crippen molar-refractivity contribution in [1.29, 1.82) is 0 Å². The predicted octanol–water partition coefficient (Wildman–Crippen LogP) is 1.98. The van der Waals surface area contributed by atoms with Crippen molar-refractivity contribution >= 4 is 27.5 Å². The van der Waals surface area contributed by atoms with E-state index in [1.807, 2.05) is 0 Å². The van der Waals surface area contributed by atoms with E-state index in [0.717, 1.165) is 0 Å². The van der Waals surface area contributed by atoms with Crippen LogP contribution in [0.3, 0.4) is 0 Å². The Bertz CT molecular complexity index is 853. The van der Waals surface area contributed by atoms with E-state index in [-0.39, 0.29) is 23.5 Å². The molecule has 160 valence electrons. The van der Waals surface area contributed by atoms with Gasteiger partial charge in [-0.15, -0.1) is 0 Å². The number of benzene rings is 1. The van der Waals surface area contributed by atoms with Crippen molar-refractivity contribution in [2.24, 2.45) is 0 Å². The summed E-state index contributed by atoms with van der Waals surface area (Å²) in [4.78, 5) is 28.5. The zero-order valence-corrected chi connectivity index (χ0v) is 18.0. The van der Waals surface area contributed by atoms with E-state index in [4.69, 9.17) is 4.74 Å². The molecule has 1 aromatic rings. The summed E-state index contributed by atoms with van der Waals surface area (Å²) < 4.78 is 28.6. The Kier molecular flexibility index (Phi) is 6.19. The van der Waals surface area contributed by atoms with Crippen LogP contribution in [0.5, 0.6) is 0 Å². The number of carbonyl (C=O) groups excluding carboxylic acids is 2. The quantitative estimate of drug-likeness (QED) is 0.799. The Morgan fingerprint density at radius 2 is 1.69 bits per heavy atom. The number of anilines is 1. The number of piperazine rings is 1. The zero-order valence-electron chi connectivity index (χ0n) is 17.2. The van der Waals surface area contributed by atoms with Gasteiger partial charge >= 0.3 is 6.09 Å². The lowest BCUT2D eigenvalue weighted by Gasteiger charge is -2.37. The number of sulfone groups is 1. The molecule has 8 nitrogen and oxygen atoms in total. The van der Waals surface area contributed by atoms with Crippen LogP contribution in [0.25, 0.3) is 0 Å². The van der Waals surface area contributed by atoms with Gasteiger partial charge in [0.05, 0.1) is 11.5 Å². The number of carbonyl (C=O) groups is 2. The first kappa shape index (κ1) is 21.6. The molecule has 9 heteroatoms. The highest BCUT2D eigenvalue weighted by Crippen LogP contribution is 2.20. The number of hydrogen-bond acceptors (Lipinski definition) is 6. The Morgan fingerprint density at radius 1 is 1.07 bits per heavy atom. The van der Waals surface area contributed by atoms with Crippen LogP contribution < -0.4 is 5.32 Å². The normalized spacial score (nSPS) is 22.3. The number of rotatable bonds is 3. The molecule has 1 unspecified atom stereocenters. The summed E-state index contributed by atoms with van der Waals surface area (Å²) in [7, 11) is -2.90. The maximum absolute atomic E-state index is 12.8. The fourth-order valence-corrected chi connectivity index (χ4v) is 5.42. The molecule has 0 spiro atoms. The Hall–Kier alpha value is -2.13. The molecular weight excluding hydrogens is 394 g/mol. The standard InChI is InChI=1S/C20H29N3O5S/c1-20(2,3)28-19(25)21-16-6-4-15(5-7-16)18(24)23-11-9-22(10-12-23)17-8-13-29(26,27)14-17/h4-7,17H,8-14H2,1-3H3,(H,21,25). The monoisotopic (exact) mass is 423 g/mol. The molecule has 2 saturated heterocycles. The second kappa shape index (κ2) is 8.31. The third-order valence-corrected chi connectivity index (χ3v) is 6.85. The molecule has 2 fully saturated rings. The molecule has 1 N–H and O–H groups in total. The molecule has 2 heterocycles. The molecule has 2 aliphatic heterocycles. The summed E-state index contributed by atoms with van der Waals surface area (Å²) in [6.07, 6.45) is 0.143. The molecule has 1 aromatic carbocycles. The van der Waals surface area contributed by atoms with Crippen molar-refractivity contribution in [2.45, 2.75) is 38.8 Å². The maximum atomic E-state index is 12.8. The van der Waals surface area contributed by atoms with Crippen molar-refractivity contribution in [3.05, 3.63) is 29.8 Å². The van der Waals surface area contributed by atoms with Gasteiger partial charge in [-0.05, 0) is 51.5 Å². The number of nitrogens with zero attached hydrogens (tertiary/aromatic N) is 2. The van der Waals surface area contributed by atoms with E-state index in [0.29, 0.717) is 43.9 Å². The number of hydrogen-bond donors (Lipinski definition) is 1. The minimum absolute atomic E-state index is 0.0625. The Balaban J connectivity index is 1.51. The predicted molar refractivity (Wildman–Crippen MR) is 111 cm³/mol. The second-order valence-corrected chi connectivity index (χ2v) is 10.8. The summed E-state index contributed by atoms with van der Waals surface area (Å²) in [5.41, 5.74) is 0.532. The molecule has 2 aliphatic rings. The Morgan fingerprint density at radius 3 is 2.21 bits per heavy atom.